The van der Waals surface area contributed by atoms with Gasteiger partial charge in [-0.2, -0.15) is 0 Å². The summed E-state index contributed by atoms with van der Waals surface area (Å²) in [6.07, 6.45) is 0. The van der Waals surface area contributed by atoms with Crippen LogP contribution in [0.1, 0.15) is 11.1 Å². The fourth-order valence-corrected chi connectivity index (χ4v) is 3.97. The second kappa shape index (κ2) is 7.47. The number of methoxy groups -OCH3 is 2. The van der Waals surface area contributed by atoms with Crippen molar-refractivity contribution >= 4 is 11.0 Å². The van der Waals surface area contributed by atoms with Gasteiger partial charge in [0.1, 0.15) is 5.58 Å². The molecule has 4 aromatic rings. The molecule has 0 unspecified atom stereocenters. The van der Waals surface area contributed by atoms with Crippen LogP contribution in [-0.4, -0.2) is 14.2 Å². The van der Waals surface area contributed by atoms with Crippen molar-refractivity contribution in [2.45, 2.75) is 13.8 Å². The van der Waals surface area contributed by atoms with E-state index in [0.29, 0.717) is 17.1 Å². The molecule has 0 spiro atoms. The number of fused-ring (bicyclic) bond motifs is 1. The van der Waals surface area contributed by atoms with Gasteiger partial charge in [-0.3, -0.25) is 0 Å². The minimum Gasteiger partial charge on any atom is -0.493 e. The molecule has 146 valence electrons. The highest BCUT2D eigenvalue weighted by molar-refractivity contribution is 6.00. The lowest BCUT2D eigenvalue weighted by molar-refractivity contribution is 0.355. The molecule has 0 aliphatic carbocycles. The van der Waals surface area contributed by atoms with E-state index >= 15 is 0 Å². The van der Waals surface area contributed by atoms with E-state index in [0.717, 1.165) is 38.8 Å². The fraction of sp³-hybridized carbons (Fsp3) is 0.160. The Hall–Kier alpha value is -3.53. The molecule has 0 aliphatic heterocycles. The quantitative estimate of drug-likeness (QED) is 0.418. The van der Waals surface area contributed by atoms with Gasteiger partial charge in [0, 0.05) is 17.0 Å². The molecule has 0 saturated carbocycles. The zero-order valence-electron chi connectivity index (χ0n) is 16.9. The highest BCUT2D eigenvalue weighted by Gasteiger charge is 2.17. The van der Waals surface area contributed by atoms with Crippen LogP contribution in [-0.2, 0) is 0 Å². The maximum absolute atomic E-state index is 12.2. The van der Waals surface area contributed by atoms with E-state index < -0.39 is 0 Å². The zero-order chi connectivity index (χ0) is 20.5. The van der Waals surface area contributed by atoms with Crippen molar-refractivity contribution in [2.75, 3.05) is 14.2 Å². The van der Waals surface area contributed by atoms with E-state index in [-0.39, 0.29) is 5.63 Å². The van der Waals surface area contributed by atoms with E-state index in [4.69, 9.17) is 13.9 Å². The van der Waals surface area contributed by atoms with Crippen LogP contribution in [0.15, 0.2) is 69.9 Å². The Morgan fingerprint density at radius 2 is 1.52 bits per heavy atom. The van der Waals surface area contributed by atoms with Crippen molar-refractivity contribution in [1.29, 1.82) is 0 Å². The van der Waals surface area contributed by atoms with Gasteiger partial charge in [-0.1, -0.05) is 36.4 Å². The lowest BCUT2D eigenvalue weighted by atomic mass is 9.89. The van der Waals surface area contributed by atoms with Crippen LogP contribution in [0.3, 0.4) is 0 Å². The van der Waals surface area contributed by atoms with Gasteiger partial charge in [0.15, 0.2) is 11.5 Å². The molecule has 4 heteroatoms. The molecule has 1 heterocycles. The van der Waals surface area contributed by atoms with Crippen LogP contribution in [0.4, 0.5) is 0 Å². The second-order valence-corrected chi connectivity index (χ2v) is 6.98. The van der Waals surface area contributed by atoms with Gasteiger partial charge in [-0.05, 0) is 59.9 Å². The molecule has 0 amide bonds. The van der Waals surface area contributed by atoms with Crippen LogP contribution in [0.2, 0.25) is 0 Å². The van der Waals surface area contributed by atoms with Crippen LogP contribution in [0, 0.1) is 13.8 Å². The van der Waals surface area contributed by atoms with Crippen LogP contribution in [0.5, 0.6) is 11.5 Å². The first-order valence-corrected chi connectivity index (χ1v) is 9.39. The Kier molecular flexibility index (Phi) is 4.85. The molecule has 4 nitrogen and oxygen atoms in total. The average molecular weight is 386 g/mol. The summed E-state index contributed by atoms with van der Waals surface area (Å²) in [7, 11) is 3.25. The Bertz CT molecular complexity index is 1250. The van der Waals surface area contributed by atoms with Crippen molar-refractivity contribution in [3.05, 3.63) is 82.2 Å². The summed E-state index contributed by atoms with van der Waals surface area (Å²) < 4.78 is 16.4. The van der Waals surface area contributed by atoms with Gasteiger partial charge in [0.25, 0.3) is 0 Å². The molecular formula is C25H22O4. The molecule has 0 saturated heterocycles. The fourth-order valence-electron chi connectivity index (χ4n) is 3.97. The first-order chi connectivity index (χ1) is 14.0. The molecule has 0 radical (unpaired) electrons. The second-order valence-electron chi connectivity index (χ2n) is 6.98. The molecule has 4 rings (SSSR count). The third-order valence-electron chi connectivity index (χ3n) is 5.24. The van der Waals surface area contributed by atoms with Gasteiger partial charge in [-0.25, -0.2) is 4.79 Å². The van der Waals surface area contributed by atoms with Crippen LogP contribution in [0.25, 0.3) is 33.2 Å². The van der Waals surface area contributed by atoms with E-state index in [2.05, 4.69) is 6.92 Å². The standard InChI is InChI=1S/C25H22O4/c1-15-12-22-25(19(14-23(26)29-22)17-8-6-5-7-9-17)16(2)24(15)18-10-11-20(27-3)21(13-18)28-4/h5-14H,1-4H3. The Balaban J connectivity index is 2.05. The minimum atomic E-state index is -0.353. The highest BCUT2D eigenvalue weighted by Crippen LogP contribution is 2.40. The van der Waals surface area contributed by atoms with E-state index in [1.54, 1.807) is 20.3 Å². The monoisotopic (exact) mass is 386 g/mol. The number of rotatable bonds is 4. The molecule has 29 heavy (non-hydrogen) atoms. The maximum Gasteiger partial charge on any atom is 0.336 e. The SMILES string of the molecule is COc1ccc(-c2c(C)cc3oc(=O)cc(-c4ccccc4)c3c2C)cc1OC. The van der Waals surface area contributed by atoms with Gasteiger partial charge in [0.2, 0.25) is 0 Å². The van der Waals surface area contributed by atoms with Gasteiger partial charge >= 0.3 is 5.63 Å². The van der Waals surface area contributed by atoms with Gasteiger partial charge in [-0.15, -0.1) is 0 Å². The van der Waals surface area contributed by atoms with Crippen molar-refractivity contribution in [3.63, 3.8) is 0 Å². The number of ether oxygens (including phenoxy) is 2. The van der Waals surface area contributed by atoms with Crippen molar-refractivity contribution < 1.29 is 13.9 Å². The largest absolute Gasteiger partial charge is 0.493 e. The molecule has 1 aromatic heterocycles. The van der Waals surface area contributed by atoms with E-state index in [9.17, 15) is 4.79 Å². The summed E-state index contributed by atoms with van der Waals surface area (Å²) >= 11 is 0. The Morgan fingerprint density at radius 3 is 2.21 bits per heavy atom. The van der Waals surface area contributed by atoms with Gasteiger partial charge in [0.05, 0.1) is 14.2 Å². The Morgan fingerprint density at radius 1 is 0.793 bits per heavy atom. The predicted octanol–water partition coefficient (Wildman–Crippen LogP) is 5.76. The Labute approximate surface area is 169 Å². The van der Waals surface area contributed by atoms with Crippen molar-refractivity contribution in [2.24, 2.45) is 0 Å². The lowest BCUT2D eigenvalue weighted by Crippen LogP contribution is -2.01. The summed E-state index contributed by atoms with van der Waals surface area (Å²) in [5.41, 5.74) is 6.27. The van der Waals surface area contributed by atoms with Crippen molar-refractivity contribution in [1.82, 2.24) is 0 Å². The number of hydrogen-bond acceptors (Lipinski definition) is 4. The molecule has 0 aliphatic rings. The first-order valence-electron chi connectivity index (χ1n) is 9.39. The predicted molar refractivity (Wildman–Crippen MR) is 116 cm³/mol. The molecular weight excluding hydrogens is 364 g/mol. The molecule has 0 atom stereocenters. The summed E-state index contributed by atoms with van der Waals surface area (Å²) in [6, 6.07) is 19.3. The lowest BCUT2D eigenvalue weighted by Gasteiger charge is -2.17. The van der Waals surface area contributed by atoms with Gasteiger partial charge < -0.3 is 13.9 Å². The molecule has 0 N–H and O–H groups in total. The van der Waals surface area contributed by atoms with E-state index in [1.807, 2.05) is 61.5 Å². The number of hydrogen-bond donors (Lipinski definition) is 0. The maximum atomic E-state index is 12.2. The molecule has 3 aromatic carbocycles. The molecule has 0 fully saturated rings. The average Bonchev–Trinajstić information content (AvgIpc) is 2.73. The third-order valence-corrected chi connectivity index (χ3v) is 5.24. The summed E-state index contributed by atoms with van der Waals surface area (Å²) in [5, 5.41) is 0.936. The normalized spacial score (nSPS) is 10.9. The van der Waals surface area contributed by atoms with Crippen LogP contribution < -0.4 is 15.1 Å². The number of aryl methyl sites for hydroxylation is 2. The third kappa shape index (κ3) is 3.27. The molecule has 0 bridgehead atoms. The zero-order valence-corrected chi connectivity index (χ0v) is 16.9. The van der Waals surface area contributed by atoms with Crippen LogP contribution >= 0.6 is 0 Å². The topological polar surface area (TPSA) is 48.7 Å². The number of benzene rings is 3. The van der Waals surface area contributed by atoms with E-state index in [1.165, 1.54) is 0 Å². The first kappa shape index (κ1) is 18.8. The van der Waals surface area contributed by atoms with Crippen molar-refractivity contribution in [3.8, 4) is 33.8 Å². The summed E-state index contributed by atoms with van der Waals surface area (Å²) in [5.74, 6) is 1.36. The summed E-state index contributed by atoms with van der Waals surface area (Å²) in [4.78, 5) is 12.2. The minimum absolute atomic E-state index is 0.353. The smallest absolute Gasteiger partial charge is 0.336 e. The highest BCUT2D eigenvalue weighted by atomic mass is 16.5. The summed E-state index contributed by atoms with van der Waals surface area (Å²) in [6.45, 7) is 4.08.